The van der Waals surface area contributed by atoms with Crippen LogP contribution in [0.15, 0.2) is 36.4 Å². The van der Waals surface area contributed by atoms with Crippen LogP contribution >= 0.6 is 34.2 Å². The molecule has 0 spiro atoms. The largest absolute Gasteiger partial charge is 0.397 e. The predicted octanol–water partition coefficient (Wildman–Crippen LogP) is 4.09. The Labute approximate surface area is 130 Å². The van der Waals surface area contributed by atoms with Crippen molar-refractivity contribution in [3.63, 3.8) is 0 Å². The van der Waals surface area contributed by atoms with Crippen LogP contribution in [0.4, 0.5) is 11.4 Å². The molecule has 0 saturated carbocycles. The summed E-state index contributed by atoms with van der Waals surface area (Å²) in [4.78, 5) is 12.1. The number of nitrogens with one attached hydrogen (secondary N) is 1. The normalized spacial score (nSPS) is 10.3. The summed E-state index contributed by atoms with van der Waals surface area (Å²) in [6.45, 7) is 1.86. The van der Waals surface area contributed by atoms with E-state index in [9.17, 15) is 4.79 Å². The first kappa shape index (κ1) is 14.1. The standard InChI is InChI=1S/C14H12ClIN2O/c1-8-5-12(17)13(7-11(8)15)18-14(19)9-3-2-4-10(16)6-9/h2-7H,17H2,1H3,(H,18,19). The molecule has 98 valence electrons. The summed E-state index contributed by atoms with van der Waals surface area (Å²) in [7, 11) is 0. The number of carbonyl (C=O) groups is 1. The van der Waals surface area contributed by atoms with Crippen LogP contribution < -0.4 is 11.1 Å². The lowest BCUT2D eigenvalue weighted by Crippen LogP contribution is -2.13. The number of benzene rings is 2. The van der Waals surface area contributed by atoms with E-state index in [1.54, 1.807) is 18.2 Å². The first-order valence-corrected chi connectivity index (χ1v) is 7.05. The van der Waals surface area contributed by atoms with Gasteiger partial charge in [-0.2, -0.15) is 0 Å². The van der Waals surface area contributed by atoms with Crippen molar-refractivity contribution in [2.45, 2.75) is 6.92 Å². The molecule has 0 aliphatic carbocycles. The molecule has 3 nitrogen and oxygen atoms in total. The molecule has 2 aromatic carbocycles. The van der Waals surface area contributed by atoms with Crippen molar-refractivity contribution in [3.05, 3.63) is 56.1 Å². The SMILES string of the molecule is Cc1cc(N)c(NC(=O)c2cccc(I)c2)cc1Cl. The van der Waals surface area contributed by atoms with E-state index >= 15 is 0 Å². The third-order valence-corrected chi connectivity index (χ3v) is 3.74. The van der Waals surface area contributed by atoms with E-state index in [4.69, 9.17) is 17.3 Å². The fourth-order valence-corrected chi connectivity index (χ4v) is 2.34. The minimum atomic E-state index is -0.204. The molecule has 2 aromatic rings. The highest BCUT2D eigenvalue weighted by Gasteiger charge is 2.10. The van der Waals surface area contributed by atoms with Gasteiger partial charge in [0.2, 0.25) is 0 Å². The lowest BCUT2D eigenvalue weighted by Gasteiger charge is -2.10. The fourth-order valence-electron chi connectivity index (χ4n) is 1.64. The number of halogens is 2. The first-order chi connectivity index (χ1) is 8.97. The Morgan fingerprint density at radius 1 is 1.32 bits per heavy atom. The zero-order chi connectivity index (χ0) is 14.0. The molecule has 0 aliphatic heterocycles. The van der Waals surface area contributed by atoms with Crippen LogP contribution in [0.3, 0.4) is 0 Å². The maximum Gasteiger partial charge on any atom is 0.255 e. The molecule has 1 amide bonds. The summed E-state index contributed by atoms with van der Waals surface area (Å²) < 4.78 is 1.00. The van der Waals surface area contributed by atoms with Crippen LogP contribution in [0.2, 0.25) is 5.02 Å². The van der Waals surface area contributed by atoms with Crippen molar-refractivity contribution in [1.29, 1.82) is 0 Å². The van der Waals surface area contributed by atoms with Gasteiger partial charge in [-0.3, -0.25) is 4.79 Å². The molecular weight excluding hydrogens is 375 g/mol. The third-order valence-electron chi connectivity index (χ3n) is 2.67. The molecular formula is C14H12ClIN2O. The minimum absolute atomic E-state index is 0.204. The molecule has 0 saturated heterocycles. The van der Waals surface area contributed by atoms with Crippen LogP contribution in [0, 0.1) is 10.5 Å². The Hall–Kier alpha value is -1.27. The first-order valence-electron chi connectivity index (χ1n) is 5.60. The van der Waals surface area contributed by atoms with Crippen LogP contribution in [0.25, 0.3) is 0 Å². The Kier molecular flexibility index (Phi) is 4.31. The van der Waals surface area contributed by atoms with Gasteiger partial charge in [-0.25, -0.2) is 0 Å². The van der Waals surface area contributed by atoms with Gasteiger partial charge in [0.05, 0.1) is 11.4 Å². The van der Waals surface area contributed by atoms with Crippen molar-refractivity contribution in [2.24, 2.45) is 0 Å². The molecule has 0 radical (unpaired) electrons. The molecule has 0 heterocycles. The molecule has 0 unspecified atom stereocenters. The lowest BCUT2D eigenvalue weighted by molar-refractivity contribution is 0.102. The topological polar surface area (TPSA) is 55.1 Å². The molecule has 0 fully saturated rings. The smallest absolute Gasteiger partial charge is 0.255 e. The minimum Gasteiger partial charge on any atom is -0.397 e. The van der Waals surface area contributed by atoms with E-state index in [-0.39, 0.29) is 5.91 Å². The molecule has 2 rings (SSSR count). The van der Waals surface area contributed by atoms with Crippen LogP contribution in [-0.2, 0) is 0 Å². The van der Waals surface area contributed by atoms with E-state index < -0.39 is 0 Å². The summed E-state index contributed by atoms with van der Waals surface area (Å²) in [6.07, 6.45) is 0. The number of nitrogens with two attached hydrogens (primary N) is 1. The molecule has 0 bridgehead atoms. The van der Waals surface area contributed by atoms with Gasteiger partial charge in [0.25, 0.3) is 5.91 Å². The molecule has 0 aromatic heterocycles. The van der Waals surface area contributed by atoms with E-state index in [1.807, 2.05) is 25.1 Å². The Balaban J connectivity index is 2.27. The number of anilines is 2. The van der Waals surface area contributed by atoms with E-state index in [0.29, 0.717) is 22.0 Å². The number of carbonyl (C=O) groups excluding carboxylic acids is 1. The van der Waals surface area contributed by atoms with Crippen LogP contribution in [0.5, 0.6) is 0 Å². The van der Waals surface area contributed by atoms with Gasteiger partial charge in [-0.1, -0.05) is 17.7 Å². The Morgan fingerprint density at radius 2 is 2.05 bits per heavy atom. The number of hydrogen-bond donors (Lipinski definition) is 2. The number of nitrogen functional groups attached to an aromatic ring is 1. The van der Waals surface area contributed by atoms with E-state index in [2.05, 4.69) is 27.9 Å². The highest BCUT2D eigenvalue weighted by molar-refractivity contribution is 14.1. The van der Waals surface area contributed by atoms with Gasteiger partial charge in [-0.15, -0.1) is 0 Å². The monoisotopic (exact) mass is 386 g/mol. The second-order valence-electron chi connectivity index (χ2n) is 4.15. The van der Waals surface area contributed by atoms with E-state index in [0.717, 1.165) is 9.13 Å². The van der Waals surface area contributed by atoms with Gasteiger partial charge >= 0.3 is 0 Å². The molecule has 0 atom stereocenters. The van der Waals surface area contributed by atoms with Gasteiger partial charge in [0.15, 0.2) is 0 Å². The summed E-state index contributed by atoms with van der Waals surface area (Å²) >= 11 is 8.19. The molecule has 19 heavy (non-hydrogen) atoms. The maximum atomic E-state index is 12.1. The average molecular weight is 387 g/mol. The van der Waals surface area contributed by atoms with Gasteiger partial charge in [-0.05, 0) is 65.4 Å². The lowest BCUT2D eigenvalue weighted by atomic mass is 10.1. The maximum absolute atomic E-state index is 12.1. The van der Waals surface area contributed by atoms with Crippen molar-refractivity contribution in [1.82, 2.24) is 0 Å². The Bertz CT molecular complexity index is 643. The number of amides is 1. The summed E-state index contributed by atoms with van der Waals surface area (Å²) in [5, 5.41) is 3.35. The highest BCUT2D eigenvalue weighted by atomic mass is 127. The molecule has 0 aliphatic rings. The Morgan fingerprint density at radius 3 is 2.74 bits per heavy atom. The average Bonchev–Trinajstić information content (AvgIpc) is 2.36. The number of aryl methyl sites for hydroxylation is 1. The second-order valence-corrected chi connectivity index (χ2v) is 5.81. The van der Waals surface area contributed by atoms with Gasteiger partial charge < -0.3 is 11.1 Å². The van der Waals surface area contributed by atoms with Gasteiger partial charge in [0.1, 0.15) is 0 Å². The number of hydrogen-bond acceptors (Lipinski definition) is 2. The van der Waals surface area contributed by atoms with Crippen molar-refractivity contribution in [3.8, 4) is 0 Å². The van der Waals surface area contributed by atoms with Gasteiger partial charge in [0, 0.05) is 14.2 Å². The summed E-state index contributed by atoms with van der Waals surface area (Å²) in [6, 6.07) is 10.7. The van der Waals surface area contributed by atoms with Crippen molar-refractivity contribution in [2.75, 3.05) is 11.1 Å². The highest BCUT2D eigenvalue weighted by Crippen LogP contribution is 2.27. The van der Waals surface area contributed by atoms with Crippen molar-refractivity contribution >= 4 is 51.5 Å². The van der Waals surface area contributed by atoms with Crippen molar-refractivity contribution < 1.29 is 4.79 Å². The molecule has 5 heteroatoms. The zero-order valence-electron chi connectivity index (χ0n) is 10.2. The fraction of sp³-hybridized carbons (Fsp3) is 0.0714. The second kappa shape index (κ2) is 5.79. The third kappa shape index (κ3) is 3.39. The summed E-state index contributed by atoms with van der Waals surface area (Å²) in [5.41, 5.74) is 8.37. The zero-order valence-corrected chi connectivity index (χ0v) is 13.1. The predicted molar refractivity (Wildman–Crippen MR) is 87.7 cm³/mol. The summed E-state index contributed by atoms with van der Waals surface area (Å²) in [5.74, 6) is -0.204. The number of rotatable bonds is 2. The van der Waals surface area contributed by atoms with Crippen LogP contribution in [-0.4, -0.2) is 5.91 Å². The van der Waals surface area contributed by atoms with Crippen LogP contribution in [0.1, 0.15) is 15.9 Å². The van der Waals surface area contributed by atoms with E-state index in [1.165, 1.54) is 0 Å². The molecule has 3 N–H and O–H groups in total. The quantitative estimate of drug-likeness (QED) is 0.603.